The molecule has 0 radical (unpaired) electrons. The van der Waals surface area contributed by atoms with Crippen molar-refractivity contribution in [3.63, 3.8) is 0 Å². The summed E-state index contributed by atoms with van der Waals surface area (Å²) in [7, 11) is 0. The lowest BCUT2D eigenvalue weighted by atomic mass is 9.65. The van der Waals surface area contributed by atoms with E-state index in [9.17, 15) is 0 Å². The Hall–Kier alpha value is -0.790. The van der Waals surface area contributed by atoms with Crippen LogP contribution in [0.25, 0.3) is 5.57 Å². The minimum atomic E-state index is 0. The number of halogens is 1. The SMILES string of the molecule is CC1(C)C=C(c2ccccc2C2CCN(CC3CC3)C2)CC(C)(C)C1.Cl. The van der Waals surface area contributed by atoms with Gasteiger partial charge in [-0.25, -0.2) is 0 Å². The molecule has 0 bridgehead atoms. The highest BCUT2D eigenvalue weighted by Gasteiger charge is 2.35. The third kappa shape index (κ3) is 4.54. The van der Waals surface area contributed by atoms with Gasteiger partial charge in [-0.15, -0.1) is 12.4 Å². The van der Waals surface area contributed by atoms with Crippen LogP contribution in [-0.4, -0.2) is 24.5 Å². The molecule has 1 saturated heterocycles. The second kappa shape index (κ2) is 7.32. The van der Waals surface area contributed by atoms with Crippen molar-refractivity contribution in [3.05, 3.63) is 41.5 Å². The largest absolute Gasteiger partial charge is 0.302 e. The van der Waals surface area contributed by atoms with E-state index in [0.29, 0.717) is 10.8 Å². The highest BCUT2D eigenvalue weighted by molar-refractivity contribution is 5.85. The molecule has 2 fully saturated rings. The predicted molar refractivity (Wildman–Crippen MR) is 115 cm³/mol. The molecule has 1 nitrogen and oxygen atoms in total. The van der Waals surface area contributed by atoms with Crippen LogP contribution >= 0.6 is 12.4 Å². The van der Waals surface area contributed by atoms with Gasteiger partial charge in [0.2, 0.25) is 0 Å². The minimum Gasteiger partial charge on any atom is -0.302 e. The van der Waals surface area contributed by atoms with Crippen LogP contribution in [0.15, 0.2) is 30.3 Å². The fraction of sp³-hybridized carbons (Fsp3) is 0.667. The summed E-state index contributed by atoms with van der Waals surface area (Å²) in [5, 5.41) is 0. The molecule has 2 aliphatic carbocycles. The number of hydrogen-bond acceptors (Lipinski definition) is 1. The van der Waals surface area contributed by atoms with E-state index in [1.807, 2.05) is 0 Å². The van der Waals surface area contributed by atoms with Gasteiger partial charge in [0.1, 0.15) is 0 Å². The number of benzene rings is 1. The Bertz CT molecular complexity index is 669. The molecule has 2 heteroatoms. The summed E-state index contributed by atoms with van der Waals surface area (Å²) in [5.74, 6) is 1.74. The molecule has 0 spiro atoms. The molecular formula is C24H36ClN. The van der Waals surface area contributed by atoms with Crippen LogP contribution in [0.2, 0.25) is 0 Å². The van der Waals surface area contributed by atoms with Gasteiger partial charge < -0.3 is 4.90 Å². The van der Waals surface area contributed by atoms with Gasteiger partial charge in [-0.1, -0.05) is 58.0 Å². The lowest BCUT2D eigenvalue weighted by Gasteiger charge is -2.40. The number of likely N-dealkylation sites (tertiary alicyclic amines) is 1. The highest BCUT2D eigenvalue weighted by atomic mass is 35.5. The van der Waals surface area contributed by atoms with Crippen molar-refractivity contribution in [1.29, 1.82) is 0 Å². The number of hydrogen-bond donors (Lipinski definition) is 0. The van der Waals surface area contributed by atoms with Crippen LogP contribution in [0.4, 0.5) is 0 Å². The average Bonchev–Trinajstić information content (AvgIpc) is 3.19. The maximum atomic E-state index is 2.72. The molecule has 1 saturated carbocycles. The van der Waals surface area contributed by atoms with Crippen molar-refractivity contribution in [2.45, 2.75) is 65.7 Å². The Balaban J connectivity index is 0.00000196. The minimum absolute atomic E-state index is 0. The van der Waals surface area contributed by atoms with Crippen LogP contribution in [0.1, 0.15) is 76.8 Å². The van der Waals surface area contributed by atoms with E-state index in [4.69, 9.17) is 0 Å². The molecule has 1 atom stereocenters. The topological polar surface area (TPSA) is 3.24 Å². The van der Waals surface area contributed by atoms with Crippen molar-refractivity contribution in [2.75, 3.05) is 19.6 Å². The van der Waals surface area contributed by atoms with E-state index < -0.39 is 0 Å². The van der Waals surface area contributed by atoms with E-state index in [0.717, 1.165) is 11.8 Å². The molecule has 144 valence electrons. The molecule has 1 aliphatic heterocycles. The molecule has 0 N–H and O–H groups in total. The van der Waals surface area contributed by atoms with Crippen LogP contribution in [0.3, 0.4) is 0 Å². The monoisotopic (exact) mass is 373 g/mol. The van der Waals surface area contributed by atoms with Crippen molar-refractivity contribution in [1.82, 2.24) is 4.90 Å². The Labute approximate surface area is 166 Å². The van der Waals surface area contributed by atoms with Crippen molar-refractivity contribution < 1.29 is 0 Å². The molecule has 0 aromatic heterocycles. The first-order valence-corrected chi connectivity index (χ1v) is 10.3. The van der Waals surface area contributed by atoms with E-state index in [-0.39, 0.29) is 12.4 Å². The Morgan fingerprint density at radius 3 is 2.46 bits per heavy atom. The Morgan fingerprint density at radius 2 is 1.77 bits per heavy atom. The zero-order chi connectivity index (χ0) is 17.7. The summed E-state index contributed by atoms with van der Waals surface area (Å²) in [5.41, 5.74) is 5.45. The second-order valence-corrected chi connectivity index (χ2v) is 10.5. The fourth-order valence-electron chi connectivity index (χ4n) is 5.62. The van der Waals surface area contributed by atoms with Gasteiger partial charge in [0.25, 0.3) is 0 Å². The first-order chi connectivity index (χ1) is 11.8. The summed E-state index contributed by atoms with van der Waals surface area (Å²) in [4.78, 5) is 2.72. The van der Waals surface area contributed by atoms with Gasteiger partial charge >= 0.3 is 0 Å². The van der Waals surface area contributed by atoms with Gasteiger partial charge in [-0.3, -0.25) is 0 Å². The number of allylic oxidation sites excluding steroid dienone is 2. The summed E-state index contributed by atoms with van der Waals surface area (Å²) >= 11 is 0. The Morgan fingerprint density at radius 1 is 1.04 bits per heavy atom. The zero-order valence-electron chi connectivity index (χ0n) is 17.1. The third-order valence-electron chi connectivity index (χ3n) is 6.40. The summed E-state index contributed by atoms with van der Waals surface area (Å²) in [6.07, 6.45) is 9.34. The third-order valence-corrected chi connectivity index (χ3v) is 6.40. The lowest BCUT2D eigenvalue weighted by Crippen LogP contribution is -2.27. The molecule has 4 rings (SSSR count). The maximum absolute atomic E-state index is 2.72. The molecular weight excluding hydrogens is 338 g/mol. The van der Waals surface area contributed by atoms with Crippen molar-refractivity contribution in [2.24, 2.45) is 16.7 Å². The number of nitrogens with zero attached hydrogens (tertiary/aromatic N) is 1. The molecule has 1 heterocycles. The van der Waals surface area contributed by atoms with E-state index in [1.165, 1.54) is 51.7 Å². The standard InChI is InChI=1S/C24H35N.ClH/c1-23(2)13-20(14-24(3,4)17-23)22-8-6-5-7-21(22)19-11-12-25(16-19)15-18-9-10-18;/h5-8,13,18-19H,9-12,14-17H2,1-4H3;1H. The van der Waals surface area contributed by atoms with Gasteiger partial charge in [-0.05, 0) is 78.0 Å². The van der Waals surface area contributed by atoms with Gasteiger partial charge in [0.15, 0.2) is 0 Å². The first-order valence-electron chi connectivity index (χ1n) is 10.3. The molecule has 1 aromatic carbocycles. The summed E-state index contributed by atoms with van der Waals surface area (Å²) < 4.78 is 0. The van der Waals surface area contributed by atoms with Crippen molar-refractivity contribution in [3.8, 4) is 0 Å². The van der Waals surface area contributed by atoms with Crippen molar-refractivity contribution >= 4 is 18.0 Å². The van der Waals surface area contributed by atoms with Gasteiger partial charge in [0, 0.05) is 13.1 Å². The van der Waals surface area contributed by atoms with Crippen LogP contribution in [0.5, 0.6) is 0 Å². The van der Waals surface area contributed by atoms with E-state index in [1.54, 1.807) is 16.7 Å². The van der Waals surface area contributed by atoms with E-state index >= 15 is 0 Å². The van der Waals surface area contributed by atoms with Gasteiger partial charge in [-0.2, -0.15) is 0 Å². The lowest BCUT2D eigenvalue weighted by molar-refractivity contribution is 0.228. The highest BCUT2D eigenvalue weighted by Crippen LogP contribution is 2.48. The predicted octanol–water partition coefficient (Wildman–Crippen LogP) is 6.54. The molecule has 3 aliphatic rings. The average molecular weight is 374 g/mol. The smallest absolute Gasteiger partial charge is 0.00511 e. The maximum Gasteiger partial charge on any atom is 0.00511 e. The van der Waals surface area contributed by atoms with Gasteiger partial charge in [0.05, 0.1) is 0 Å². The quantitative estimate of drug-likeness (QED) is 0.579. The molecule has 26 heavy (non-hydrogen) atoms. The molecule has 1 aromatic rings. The van der Waals surface area contributed by atoms with Crippen LogP contribution < -0.4 is 0 Å². The summed E-state index contributed by atoms with van der Waals surface area (Å²) in [6, 6.07) is 9.30. The Kier molecular flexibility index (Phi) is 5.62. The molecule has 1 unspecified atom stereocenters. The first kappa shape index (κ1) is 20.0. The zero-order valence-corrected chi connectivity index (χ0v) is 17.9. The second-order valence-electron chi connectivity index (χ2n) is 10.5. The number of rotatable bonds is 4. The van der Waals surface area contributed by atoms with Crippen LogP contribution in [0, 0.1) is 16.7 Å². The summed E-state index contributed by atoms with van der Waals surface area (Å²) in [6.45, 7) is 13.6. The molecule has 0 amide bonds. The fourth-order valence-corrected chi connectivity index (χ4v) is 5.62. The van der Waals surface area contributed by atoms with E-state index in [2.05, 4.69) is 62.9 Å². The normalized spacial score (nSPS) is 27.7. The van der Waals surface area contributed by atoms with Crippen LogP contribution in [-0.2, 0) is 0 Å².